The van der Waals surface area contributed by atoms with E-state index in [1.54, 1.807) is 0 Å². The number of ether oxygens (including phenoxy) is 1. The van der Waals surface area contributed by atoms with Crippen molar-refractivity contribution in [1.82, 2.24) is 15.0 Å². The van der Waals surface area contributed by atoms with Gasteiger partial charge in [0.2, 0.25) is 11.8 Å². The van der Waals surface area contributed by atoms with Crippen LogP contribution in [0.4, 0.5) is 11.4 Å². The number of rotatable bonds is 7. The third kappa shape index (κ3) is 5.05. The Bertz CT molecular complexity index is 740. The van der Waals surface area contributed by atoms with Crippen LogP contribution >= 0.6 is 0 Å². The van der Waals surface area contributed by atoms with Gasteiger partial charge in [0, 0.05) is 30.9 Å². The molecule has 1 N–H and O–H groups in total. The summed E-state index contributed by atoms with van der Waals surface area (Å²) in [6.45, 7) is 7.44. The zero-order valence-electron chi connectivity index (χ0n) is 16.1. The highest BCUT2D eigenvalue weighted by molar-refractivity contribution is 5.92. The number of hydrogen-bond donors (Lipinski definition) is 1. The highest BCUT2D eigenvalue weighted by Crippen LogP contribution is 2.20. The van der Waals surface area contributed by atoms with E-state index >= 15 is 0 Å². The maximum atomic E-state index is 12.4. The summed E-state index contributed by atoms with van der Waals surface area (Å²) >= 11 is 0. The third-order valence-electron chi connectivity index (χ3n) is 4.74. The van der Waals surface area contributed by atoms with Gasteiger partial charge in [0.05, 0.1) is 25.8 Å². The molecule has 1 aromatic carbocycles. The van der Waals surface area contributed by atoms with Gasteiger partial charge >= 0.3 is 0 Å². The van der Waals surface area contributed by atoms with Gasteiger partial charge in [-0.15, -0.1) is 0 Å². The first kappa shape index (κ1) is 19.3. The number of benzene rings is 1. The summed E-state index contributed by atoms with van der Waals surface area (Å²) in [5, 5.41) is 6.84. The van der Waals surface area contributed by atoms with Crippen LogP contribution < -0.4 is 10.2 Å². The van der Waals surface area contributed by atoms with Crippen molar-refractivity contribution in [2.45, 2.75) is 26.3 Å². The van der Waals surface area contributed by atoms with Gasteiger partial charge in [-0.25, -0.2) is 0 Å². The van der Waals surface area contributed by atoms with Crippen molar-refractivity contribution in [1.29, 1.82) is 0 Å². The summed E-state index contributed by atoms with van der Waals surface area (Å²) in [6, 6.07) is 7.78. The van der Waals surface area contributed by atoms with Crippen LogP contribution in [0.1, 0.15) is 31.6 Å². The molecule has 1 amide bonds. The number of nitrogens with one attached hydrogen (secondary N) is 1. The second kappa shape index (κ2) is 8.96. The smallest absolute Gasteiger partial charge is 0.243 e. The zero-order chi connectivity index (χ0) is 19.2. The van der Waals surface area contributed by atoms with Crippen LogP contribution in [0.15, 0.2) is 28.8 Å². The number of likely N-dealkylation sites (N-methyl/N-ethyl adjacent to an activating group) is 1. The maximum Gasteiger partial charge on any atom is 0.243 e. The van der Waals surface area contributed by atoms with E-state index in [1.807, 2.05) is 50.1 Å². The molecule has 0 saturated carbocycles. The number of amides is 1. The fraction of sp³-hybridized carbons (Fsp3) is 0.526. The Labute approximate surface area is 159 Å². The number of carbonyl (C=O) groups is 1. The molecule has 8 nitrogen and oxygen atoms in total. The quantitative estimate of drug-likeness (QED) is 0.796. The lowest BCUT2D eigenvalue weighted by Crippen LogP contribution is -2.36. The van der Waals surface area contributed by atoms with Crippen LogP contribution in [0, 0.1) is 0 Å². The topological polar surface area (TPSA) is 83.7 Å². The molecule has 1 saturated heterocycles. The van der Waals surface area contributed by atoms with E-state index in [-0.39, 0.29) is 18.5 Å². The Morgan fingerprint density at radius 2 is 2.00 bits per heavy atom. The molecule has 1 aliphatic rings. The van der Waals surface area contributed by atoms with E-state index in [0.29, 0.717) is 11.7 Å². The minimum absolute atomic E-state index is 0.0845. The number of carbonyl (C=O) groups excluding carboxylic acids is 1. The van der Waals surface area contributed by atoms with Gasteiger partial charge in [-0.3, -0.25) is 9.69 Å². The normalized spacial score (nSPS) is 15.8. The first-order chi connectivity index (χ1) is 13.1. The molecule has 0 spiro atoms. The molecule has 1 unspecified atom stereocenters. The number of hydrogen-bond acceptors (Lipinski definition) is 7. The van der Waals surface area contributed by atoms with Gasteiger partial charge in [0.25, 0.3) is 0 Å². The molecular formula is C19H27N5O3. The molecule has 1 atom stereocenters. The molecule has 2 heterocycles. The summed E-state index contributed by atoms with van der Waals surface area (Å²) in [5.41, 5.74) is 1.93. The molecule has 0 aliphatic carbocycles. The predicted molar refractivity (Wildman–Crippen MR) is 103 cm³/mol. The Morgan fingerprint density at radius 3 is 2.63 bits per heavy atom. The van der Waals surface area contributed by atoms with Gasteiger partial charge in [0.1, 0.15) is 0 Å². The Balaban J connectivity index is 1.52. The molecular weight excluding hydrogens is 346 g/mol. The Morgan fingerprint density at radius 1 is 1.30 bits per heavy atom. The van der Waals surface area contributed by atoms with Crippen molar-refractivity contribution >= 4 is 17.3 Å². The first-order valence-electron chi connectivity index (χ1n) is 9.32. The van der Waals surface area contributed by atoms with E-state index in [9.17, 15) is 4.79 Å². The SMILES string of the molecule is CCc1noc(C(C)N(C)CC(=O)Nc2ccc(N3CCOCC3)cc2)n1. The van der Waals surface area contributed by atoms with Gasteiger partial charge in [-0.2, -0.15) is 4.98 Å². The van der Waals surface area contributed by atoms with Crippen LogP contribution in [0.3, 0.4) is 0 Å². The highest BCUT2D eigenvalue weighted by Gasteiger charge is 2.20. The summed E-state index contributed by atoms with van der Waals surface area (Å²) in [4.78, 5) is 20.8. The molecule has 8 heteroatoms. The second-order valence-electron chi connectivity index (χ2n) is 6.69. The molecule has 1 fully saturated rings. The van der Waals surface area contributed by atoms with Crippen molar-refractivity contribution in [3.8, 4) is 0 Å². The molecule has 3 rings (SSSR count). The summed E-state index contributed by atoms with van der Waals surface area (Å²) in [7, 11) is 1.86. The van der Waals surface area contributed by atoms with E-state index in [0.717, 1.165) is 44.1 Å². The third-order valence-corrected chi connectivity index (χ3v) is 4.74. The van der Waals surface area contributed by atoms with Crippen LogP contribution in [0.5, 0.6) is 0 Å². The molecule has 2 aromatic rings. The lowest BCUT2D eigenvalue weighted by molar-refractivity contribution is -0.117. The number of morpholine rings is 1. The minimum Gasteiger partial charge on any atom is -0.378 e. The monoisotopic (exact) mass is 373 g/mol. The van der Waals surface area contributed by atoms with Crippen molar-refractivity contribution in [3.05, 3.63) is 36.0 Å². The summed E-state index contributed by atoms with van der Waals surface area (Å²) < 4.78 is 10.6. The zero-order valence-corrected chi connectivity index (χ0v) is 16.1. The minimum atomic E-state index is -0.132. The van der Waals surface area contributed by atoms with E-state index in [4.69, 9.17) is 9.26 Å². The lowest BCUT2D eigenvalue weighted by atomic mass is 10.2. The standard InChI is InChI=1S/C19H27N5O3/c1-4-17-21-19(27-22-17)14(2)23(3)13-18(25)20-15-5-7-16(8-6-15)24-9-11-26-12-10-24/h5-8,14H,4,9-13H2,1-3H3,(H,20,25). The van der Waals surface area contributed by atoms with Gasteiger partial charge < -0.3 is 19.5 Å². The first-order valence-corrected chi connectivity index (χ1v) is 9.32. The average Bonchev–Trinajstić information content (AvgIpc) is 3.17. The molecule has 146 valence electrons. The van der Waals surface area contributed by atoms with Crippen molar-refractivity contribution < 1.29 is 14.1 Å². The number of aromatic nitrogens is 2. The molecule has 0 bridgehead atoms. The number of nitrogens with zero attached hydrogens (tertiary/aromatic N) is 4. The number of aryl methyl sites for hydroxylation is 1. The summed E-state index contributed by atoms with van der Waals surface area (Å²) in [5.74, 6) is 1.12. The number of anilines is 2. The predicted octanol–water partition coefficient (Wildman–Crippen LogP) is 2.10. The fourth-order valence-electron chi connectivity index (χ4n) is 2.91. The van der Waals surface area contributed by atoms with Crippen molar-refractivity contribution in [2.24, 2.45) is 0 Å². The molecule has 27 heavy (non-hydrogen) atoms. The Hall–Kier alpha value is -2.45. The van der Waals surface area contributed by atoms with Crippen LogP contribution in [0.2, 0.25) is 0 Å². The van der Waals surface area contributed by atoms with E-state index in [1.165, 1.54) is 0 Å². The van der Waals surface area contributed by atoms with Crippen molar-refractivity contribution in [3.63, 3.8) is 0 Å². The van der Waals surface area contributed by atoms with E-state index in [2.05, 4.69) is 20.4 Å². The summed E-state index contributed by atoms with van der Waals surface area (Å²) in [6.07, 6.45) is 0.723. The molecule has 1 aromatic heterocycles. The van der Waals surface area contributed by atoms with Crippen molar-refractivity contribution in [2.75, 3.05) is 50.1 Å². The van der Waals surface area contributed by atoms with Crippen LogP contribution in [0.25, 0.3) is 0 Å². The van der Waals surface area contributed by atoms with E-state index < -0.39 is 0 Å². The Kier molecular flexibility index (Phi) is 6.41. The van der Waals surface area contributed by atoms with Crippen LogP contribution in [-0.2, 0) is 16.0 Å². The highest BCUT2D eigenvalue weighted by atomic mass is 16.5. The average molecular weight is 373 g/mol. The van der Waals surface area contributed by atoms with Gasteiger partial charge in [-0.1, -0.05) is 12.1 Å². The maximum absolute atomic E-state index is 12.4. The fourth-order valence-corrected chi connectivity index (χ4v) is 2.91. The van der Waals surface area contributed by atoms with Crippen LogP contribution in [-0.4, -0.2) is 60.8 Å². The lowest BCUT2D eigenvalue weighted by Gasteiger charge is -2.29. The molecule has 1 aliphatic heterocycles. The largest absolute Gasteiger partial charge is 0.378 e. The van der Waals surface area contributed by atoms with Gasteiger partial charge in [-0.05, 0) is 38.2 Å². The second-order valence-corrected chi connectivity index (χ2v) is 6.69. The van der Waals surface area contributed by atoms with Gasteiger partial charge in [0.15, 0.2) is 5.82 Å². The molecule has 0 radical (unpaired) electrons.